The summed E-state index contributed by atoms with van der Waals surface area (Å²) >= 11 is 0. The van der Waals surface area contributed by atoms with Gasteiger partial charge in [-0.15, -0.1) is 0 Å². The molecule has 0 aliphatic carbocycles. The van der Waals surface area contributed by atoms with Crippen molar-refractivity contribution in [2.75, 3.05) is 0 Å². The summed E-state index contributed by atoms with van der Waals surface area (Å²) in [4.78, 5) is 43.0. The number of rotatable bonds is 20. The molecule has 0 bridgehead atoms. The zero-order valence-corrected chi connectivity index (χ0v) is 26.3. The number of nitrogens with one attached hydrogen (secondary N) is 2. The van der Waals surface area contributed by atoms with Crippen molar-refractivity contribution in [1.29, 1.82) is 0 Å². The van der Waals surface area contributed by atoms with Gasteiger partial charge in [-0.1, -0.05) is 96.8 Å². The second kappa shape index (κ2) is 29.3. The number of aromatic amines is 2. The van der Waals surface area contributed by atoms with Crippen LogP contribution in [0.4, 0.5) is 0 Å². The molecule has 1 atom stereocenters. The molecule has 0 saturated heterocycles. The van der Waals surface area contributed by atoms with Crippen molar-refractivity contribution >= 4 is 47.1 Å². The van der Waals surface area contributed by atoms with E-state index in [2.05, 4.69) is 26.9 Å². The molecule has 11 nitrogen and oxygen atoms in total. The summed E-state index contributed by atoms with van der Waals surface area (Å²) in [6.07, 6.45) is 27.9. The molecular weight excluding hydrogens is 607 g/mol. The van der Waals surface area contributed by atoms with Gasteiger partial charge in [0.2, 0.25) is 0 Å². The van der Waals surface area contributed by atoms with Gasteiger partial charge in [-0.2, -0.15) is 0 Å². The van der Waals surface area contributed by atoms with Crippen LogP contribution in [0, 0.1) is 0 Å². The standard InChI is InChI=1S/C18H36O3.2C6H6N2O2.Se/c1-2-3-4-5-6-7-8-9-10-11-12-13-14-15-16-17(19)18(20)21;2*9-6(10)2-1-5-3-7-4-8-5;/h17,19H,2-16H2,1H3,(H,20,21);2*1-4H,(H,7,8)(H,9,10);/q;;;+2/p-2. The van der Waals surface area contributed by atoms with Crippen molar-refractivity contribution in [1.82, 2.24) is 19.9 Å². The van der Waals surface area contributed by atoms with E-state index in [9.17, 15) is 24.6 Å². The van der Waals surface area contributed by atoms with Gasteiger partial charge in [-0.25, -0.2) is 14.8 Å². The van der Waals surface area contributed by atoms with Gasteiger partial charge in [-0.05, 0) is 30.7 Å². The number of aliphatic hydroxyl groups excluding tert-OH is 1. The van der Waals surface area contributed by atoms with E-state index in [-0.39, 0.29) is 17.1 Å². The summed E-state index contributed by atoms with van der Waals surface area (Å²) in [6.45, 7) is 2.26. The maximum Gasteiger partial charge on any atom is 2.00 e. The topological polar surface area (TPSA) is 195 Å². The summed E-state index contributed by atoms with van der Waals surface area (Å²) < 4.78 is 0. The molecule has 2 rings (SSSR count). The Morgan fingerprint density at radius 2 is 1.10 bits per heavy atom. The van der Waals surface area contributed by atoms with Crippen LogP contribution in [0.5, 0.6) is 0 Å². The molecule has 2 heterocycles. The van der Waals surface area contributed by atoms with E-state index >= 15 is 0 Å². The van der Waals surface area contributed by atoms with Gasteiger partial charge in [0.25, 0.3) is 0 Å². The van der Waals surface area contributed by atoms with Crippen LogP contribution in [-0.2, 0) is 14.4 Å². The number of nitrogens with zero attached hydrogens (tertiary/aromatic N) is 2. The average Bonchev–Trinajstić information content (AvgIpc) is 3.66. The summed E-state index contributed by atoms with van der Waals surface area (Å²) in [6, 6.07) is 0. The number of unbranched alkanes of at least 4 members (excludes halogenated alkanes) is 13. The number of imidazole rings is 2. The number of carboxylic acids is 3. The summed E-state index contributed by atoms with van der Waals surface area (Å²) in [5.74, 6) is -3.53. The van der Waals surface area contributed by atoms with E-state index in [0.717, 1.165) is 25.0 Å². The smallest absolute Gasteiger partial charge is 0.545 e. The fourth-order valence-corrected chi connectivity index (χ4v) is 3.69. The molecule has 0 fully saturated rings. The zero-order valence-electron chi connectivity index (χ0n) is 24.5. The first kappa shape index (κ1) is 40.9. The Balaban J connectivity index is 0. The number of aromatic nitrogens is 4. The average molecular weight is 654 g/mol. The molecule has 1 unspecified atom stereocenters. The normalized spacial score (nSPS) is 11.2. The summed E-state index contributed by atoms with van der Waals surface area (Å²) in [7, 11) is 0. The Kier molecular flexibility index (Phi) is 28.5. The maximum atomic E-state index is 10.4. The molecule has 0 aliphatic rings. The first-order valence-corrected chi connectivity index (χ1v) is 14.4. The molecule has 2 aromatic rings. The molecule has 42 heavy (non-hydrogen) atoms. The number of aliphatic carboxylic acids is 3. The van der Waals surface area contributed by atoms with Gasteiger partial charge in [0, 0.05) is 12.4 Å². The van der Waals surface area contributed by atoms with Crippen molar-refractivity contribution in [3.8, 4) is 0 Å². The first-order chi connectivity index (χ1) is 19.8. The Morgan fingerprint density at radius 3 is 1.38 bits per heavy atom. The SMILES string of the molecule is CCCCCCCCCCCCCCCCC(O)C(=O)O.O=C([O-])C=Cc1c[nH]cn1.O=C([O-])C=Cc1c[nH]cn1.[Se+2]. The van der Waals surface area contributed by atoms with E-state index in [1.165, 1.54) is 102 Å². The van der Waals surface area contributed by atoms with Gasteiger partial charge < -0.3 is 40.0 Å². The van der Waals surface area contributed by atoms with Crippen molar-refractivity contribution in [3.63, 3.8) is 0 Å². The molecule has 0 saturated carbocycles. The fraction of sp³-hybridized carbons (Fsp3) is 0.567. The van der Waals surface area contributed by atoms with Crippen LogP contribution in [0.3, 0.4) is 0 Å². The van der Waals surface area contributed by atoms with E-state index < -0.39 is 24.0 Å². The van der Waals surface area contributed by atoms with Gasteiger partial charge >= 0.3 is 23.0 Å². The van der Waals surface area contributed by atoms with Crippen molar-refractivity contribution in [2.24, 2.45) is 0 Å². The van der Waals surface area contributed by atoms with Gasteiger partial charge in [-0.3, -0.25) is 0 Å². The van der Waals surface area contributed by atoms with Crippen LogP contribution in [0.25, 0.3) is 12.2 Å². The zero-order chi connectivity index (χ0) is 30.6. The quantitative estimate of drug-likeness (QED) is 0.0942. The second-order valence-electron chi connectivity index (χ2n) is 9.53. The molecular formula is C30H46N4O7Se. The number of carboxylic acid groups (broad SMARTS) is 3. The predicted molar refractivity (Wildman–Crippen MR) is 160 cm³/mol. The third-order valence-corrected chi connectivity index (χ3v) is 5.94. The molecule has 0 aliphatic heterocycles. The molecule has 2 aromatic heterocycles. The van der Waals surface area contributed by atoms with E-state index in [1.54, 1.807) is 12.4 Å². The molecule has 0 amide bonds. The number of carbonyl (C=O) groups is 3. The maximum absolute atomic E-state index is 10.4. The summed E-state index contributed by atoms with van der Waals surface area (Å²) in [5.41, 5.74) is 1.15. The molecule has 12 heteroatoms. The third-order valence-electron chi connectivity index (χ3n) is 5.94. The number of hydrogen-bond donors (Lipinski definition) is 4. The summed E-state index contributed by atoms with van der Waals surface area (Å²) in [5, 5.41) is 37.4. The molecule has 4 radical (unpaired) electrons. The first-order valence-electron chi connectivity index (χ1n) is 14.4. The van der Waals surface area contributed by atoms with Crippen LogP contribution in [-0.4, -0.2) is 71.2 Å². The molecule has 0 spiro atoms. The van der Waals surface area contributed by atoms with Crippen LogP contribution in [0.2, 0.25) is 0 Å². The van der Waals surface area contributed by atoms with E-state index in [0.29, 0.717) is 17.8 Å². The third kappa shape index (κ3) is 28.3. The van der Waals surface area contributed by atoms with Crippen LogP contribution in [0.15, 0.2) is 37.2 Å². The molecule has 0 aromatic carbocycles. The van der Waals surface area contributed by atoms with Gasteiger partial charge in [0.15, 0.2) is 6.10 Å². The Morgan fingerprint density at radius 1 is 0.738 bits per heavy atom. The number of carbonyl (C=O) groups excluding carboxylic acids is 2. The number of H-pyrrole nitrogens is 2. The van der Waals surface area contributed by atoms with Crippen LogP contribution < -0.4 is 10.2 Å². The van der Waals surface area contributed by atoms with Crippen molar-refractivity contribution in [3.05, 3.63) is 48.6 Å². The van der Waals surface area contributed by atoms with Crippen LogP contribution in [0.1, 0.15) is 115 Å². The Bertz CT molecular complexity index is 910. The molecule has 4 N–H and O–H groups in total. The van der Waals surface area contributed by atoms with Crippen LogP contribution >= 0.6 is 0 Å². The molecule has 234 valence electrons. The van der Waals surface area contributed by atoms with Gasteiger partial charge in [0.1, 0.15) is 0 Å². The van der Waals surface area contributed by atoms with Gasteiger partial charge in [0.05, 0.1) is 36.0 Å². The minimum absolute atomic E-state index is 0. The minimum Gasteiger partial charge on any atom is -0.545 e. The van der Waals surface area contributed by atoms with Crippen molar-refractivity contribution in [2.45, 2.75) is 109 Å². The largest absolute Gasteiger partial charge is 2.00 e. The second-order valence-corrected chi connectivity index (χ2v) is 9.53. The van der Waals surface area contributed by atoms with E-state index in [4.69, 9.17) is 10.2 Å². The van der Waals surface area contributed by atoms with E-state index in [1.807, 2.05) is 0 Å². The van der Waals surface area contributed by atoms with Crippen molar-refractivity contribution < 1.29 is 34.8 Å². The minimum atomic E-state index is -1.22. The fourth-order valence-electron chi connectivity index (χ4n) is 3.69. The Hall–Kier alpha value is -3.21. The predicted octanol–water partition coefficient (Wildman–Crippen LogP) is 3.27. The number of aliphatic hydroxyl groups is 1. The number of hydrogen-bond acceptors (Lipinski definition) is 8. The Labute approximate surface area is 259 Å². The monoisotopic (exact) mass is 654 g/mol.